The Morgan fingerprint density at radius 2 is 1.92 bits per heavy atom. The van der Waals surface area contributed by atoms with Gasteiger partial charge in [0.1, 0.15) is 5.82 Å². The molecule has 25 heavy (non-hydrogen) atoms. The molecule has 1 fully saturated rings. The van der Waals surface area contributed by atoms with Crippen molar-refractivity contribution >= 4 is 23.4 Å². The molecule has 0 spiro atoms. The number of nitrogens with one attached hydrogen (secondary N) is 1. The van der Waals surface area contributed by atoms with Crippen LogP contribution in [0.1, 0.15) is 43.5 Å². The van der Waals surface area contributed by atoms with Crippen LogP contribution in [0.25, 0.3) is 0 Å². The largest absolute Gasteiger partial charge is 0.325 e. The predicted octanol–water partition coefficient (Wildman–Crippen LogP) is 3.98. The molecule has 1 amide bonds. The maximum atomic E-state index is 12.1. The summed E-state index contributed by atoms with van der Waals surface area (Å²) >= 11 is 1.44. The lowest BCUT2D eigenvalue weighted by Crippen LogP contribution is -2.15. The molecule has 1 aliphatic carbocycles. The van der Waals surface area contributed by atoms with Gasteiger partial charge in [0, 0.05) is 19.2 Å². The molecule has 2 aromatic rings. The van der Waals surface area contributed by atoms with Crippen molar-refractivity contribution in [3.8, 4) is 0 Å². The van der Waals surface area contributed by atoms with Crippen molar-refractivity contribution in [2.24, 2.45) is 13.0 Å². The van der Waals surface area contributed by atoms with Crippen molar-refractivity contribution in [3.63, 3.8) is 0 Å². The van der Waals surface area contributed by atoms with Gasteiger partial charge in [0.05, 0.1) is 5.75 Å². The maximum Gasteiger partial charge on any atom is 0.234 e. The van der Waals surface area contributed by atoms with Gasteiger partial charge in [-0.1, -0.05) is 61.6 Å². The number of aromatic nitrogens is 3. The van der Waals surface area contributed by atoms with Crippen LogP contribution in [0, 0.1) is 12.8 Å². The monoisotopic (exact) mass is 358 g/mol. The second kappa shape index (κ2) is 8.52. The molecule has 0 unspecified atom stereocenters. The van der Waals surface area contributed by atoms with E-state index in [1.54, 1.807) is 0 Å². The summed E-state index contributed by atoms with van der Waals surface area (Å²) in [6, 6.07) is 7.82. The number of hydrogen-bond acceptors (Lipinski definition) is 4. The molecule has 1 aromatic heterocycles. The highest BCUT2D eigenvalue weighted by atomic mass is 32.2. The first-order valence-electron chi connectivity index (χ1n) is 8.99. The van der Waals surface area contributed by atoms with Crippen LogP contribution in [-0.4, -0.2) is 26.4 Å². The number of aryl methyl sites for hydroxylation is 1. The Bertz CT molecular complexity index is 705. The zero-order chi connectivity index (χ0) is 17.6. The quantitative estimate of drug-likeness (QED) is 0.794. The van der Waals surface area contributed by atoms with Crippen LogP contribution in [-0.2, 0) is 18.3 Å². The minimum Gasteiger partial charge on any atom is -0.325 e. The van der Waals surface area contributed by atoms with Crippen molar-refractivity contribution < 1.29 is 4.79 Å². The fourth-order valence-corrected chi connectivity index (χ4v) is 3.99. The molecule has 1 saturated carbocycles. The Kier molecular flexibility index (Phi) is 6.13. The Morgan fingerprint density at radius 1 is 1.20 bits per heavy atom. The Balaban J connectivity index is 1.50. The molecule has 1 aliphatic rings. The Hall–Kier alpha value is -1.82. The summed E-state index contributed by atoms with van der Waals surface area (Å²) in [7, 11) is 2.00. The normalized spacial score (nSPS) is 15.3. The lowest BCUT2D eigenvalue weighted by Gasteiger charge is -2.20. The van der Waals surface area contributed by atoms with E-state index in [9.17, 15) is 4.79 Å². The molecule has 134 valence electrons. The molecule has 0 atom stereocenters. The van der Waals surface area contributed by atoms with Gasteiger partial charge in [-0.3, -0.25) is 4.79 Å². The minimum atomic E-state index is -0.0225. The number of benzene rings is 1. The van der Waals surface area contributed by atoms with Gasteiger partial charge in [0.2, 0.25) is 5.91 Å². The van der Waals surface area contributed by atoms with Crippen LogP contribution >= 0.6 is 11.8 Å². The van der Waals surface area contributed by atoms with Crippen LogP contribution in [0.15, 0.2) is 29.4 Å². The second-order valence-electron chi connectivity index (χ2n) is 6.87. The fourth-order valence-electron chi connectivity index (χ4n) is 3.26. The fraction of sp³-hybridized carbons (Fsp3) is 0.526. The van der Waals surface area contributed by atoms with E-state index in [2.05, 4.69) is 15.5 Å². The second-order valence-corrected chi connectivity index (χ2v) is 7.81. The molecule has 1 heterocycles. The average molecular weight is 359 g/mol. The van der Waals surface area contributed by atoms with Gasteiger partial charge in [-0.2, -0.15) is 0 Å². The van der Waals surface area contributed by atoms with E-state index >= 15 is 0 Å². The molecule has 1 N–H and O–H groups in total. The maximum absolute atomic E-state index is 12.1. The number of amides is 1. The van der Waals surface area contributed by atoms with E-state index in [0.29, 0.717) is 5.75 Å². The molecule has 0 bridgehead atoms. The smallest absolute Gasteiger partial charge is 0.234 e. The van der Waals surface area contributed by atoms with Crippen molar-refractivity contribution in [3.05, 3.63) is 35.7 Å². The van der Waals surface area contributed by atoms with Gasteiger partial charge >= 0.3 is 0 Å². The summed E-state index contributed by atoms with van der Waals surface area (Å²) in [5.41, 5.74) is 2.00. The topological polar surface area (TPSA) is 59.8 Å². The third-order valence-corrected chi connectivity index (χ3v) is 5.81. The number of thioether (sulfide) groups is 1. The van der Waals surface area contributed by atoms with Gasteiger partial charge in [0.25, 0.3) is 0 Å². The van der Waals surface area contributed by atoms with Crippen molar-refractivity contribution in [2.75, 3.05) is 11.1 Å². The van der Waals surface area contributed by atoms with E-state index < -0.39 is 0 Å². The Morgan fingerprint density at radius 3 is 2.64 bits per heavy atom. The van der Waals surface area contributed by atoms with E-state index in [0.717, 1.165) is 29.0 Å². The lowest BCUT2D eigenvalue weighted by molar-refractivity contribution is -0.113. The van der Waals surface area contributed by atoms with Crippen LogP contribution in [0.4, 0.5) is 5.69 Å². The SMILES string of the molecule is Cc1ccc(NC(=O)CSc2nnc(CC3CCCCC3)n2C)cc1. The first kappa shape index (κ1) is 18.0. The van der Waals surface area contributed by atoms with E-state index in [4.69, 9.17) is 0 Å². The van der Waals surface area contributed by atoms with Crippen LogP contribution in [0.3, 0.4) is 0 Å². The van der Waals surface area contributed by atoms with Gasteiger partial charge in [0.15, 0.2) is 5.16 Å². The first-order valence-corrected chi connectivity index (χ1v) is 9.98. The minimum absolute atomic E-state index is 0.0225. The van der Waals surface area contributed by atoms with E-state index in [1.807, 2.05) is 42.8 Å². The number of hydrogen-bond donors (Lipinski definition) is 1. The van der Waals surface area contributed by atoms with Gasteiger partial charge in [-0.05, 0) is 25.0 Å². The summed E-state index contributed by atoms with van der Waals surface area (Å²) in [5.74, 6) is 2.09. The summed E-state index contributed by atoms with van der Waals surface area (Å²) < 4.78 is 2.04. The summed E-state index contributed by atoms with van der Waals surface area (Å²) in [6.07, 6.45) is 7.64. The van der Waals surface area contributed by atoms with Crippen LogP contribution in [0.2, 0.25) is 0 Å². The molecular formula is C19H26N4OS. The molecule has 6 heteroatoms. The zero-order valence-electron chi connectivity index (χ0n) is 15.0. The Labute approximate surface area is 153 Å². The van der Waals surface area contributed by atoms with Crippen molar-refractivity contribution in [1.82, 2.24) is 14.8 Å². The lowest BCUT2D eigenvalue weighted by atomic mass is 9.87. The zero-order valence-corrected chi connectivity index (χ0v) is 15.8. The summed E-state index contributed by atoms with van der Waals surface area (Å²) in [5, 5.41) is 12.3. The third-order valence-electron chi connectivity index (χ3n) is 4.79. The number of carbonyl (C=O) groups is 1. The van der Waals surface area contributed by atoms with Crippen molar-refractivity contribution in [2.45, 2.75) is 50.6 Å². The molecule has 0 aliphatic heterocycles. The van der Waals surface area contributed by atoms with Crippen molar-refractivity contribution in [1.29, 1.82) is 0 Å². The third kappa shape index (κ3) is 5.08. The number of nitrogens with zero attached hydrogens (tertiary/aromatic N) is 3. The number of rotatable bonds is 6. The van der Waals surface area contributed by atoms with E-state index in [1.165, 1.54) is 49.4 Å². The molecule has 0 saturated heterocycles. The highest BCUT2D eigenvalue weighted by molar-refractivity contribution is 7.99. The van der Waals surface area contributed by atoms with Crippen LogP contribution < -0.4 is 5.32 Å². The average Bonchev–Trinajstić information content (AvgIpc) is 2.96. The molecular weight excluding hydrogens is 332 g/mol. The molecule has 0 radical (unpaired) electrons. The standard InChI is InChI=1S/C19H26N4OS/c1-14-8-10-16(11-9-14)20-18(24)13-25-19-22-21-17(23(19)2)12-15-6-4-3-5-7-15/h8-11,15H,3-7,12-13H2,1-2H3,(H,20,24). The van der Waals surface area contributed by atoms with Gasteiger partial charge < -0.3 is 9.88 Å². The summed E-state index contributed by atoms with van der Waals surface area (Å²) in [6.45, 7) is 2.03. The molecule has 1 aromatic carbocycles. The highest BCUT2D eigenvalue weighted by Crippen LogP contribution is 2.27. The van der Waals surface area contributed by atoms with Gasteiger partial charge in [-0.15, -0.1) is 10.2 Å². The van der Waals surface area contributed by atoms with E-state index in [-0.39, 0.29) is 5.91 Å². The number of anilines is 1. The first-order chi connectivity index (χ1) is 12.1. The predicted molar refractivity (Wildman–Crippen MR) is 102 cm³/mol. The number of carbonyl (C=O) groups excluding carboxylic acids is 1. The van der Waals surface area contributed by atoms with Gasteiger partial charge in [-0.25, -0.2) is 0 Å². The highest BCUT2D eigenvalue weighted by Gasteiger charge is 2.18. The summed E-state index contributed by atoms with van der Waals surface area (Å²) in [4.78, 5) is 12.1. The van der Waals surface area contributed by atoms with Crippen LogP contribution in [0.5, 0.6) is 0 Å². The molecule has 5 nitrogen and oxygen atoms in total. The molecule has 3 rings (SSSR count).